The van der Waals surface area contributed by atoms with Crippen molar-refractivity contribution in [1.29, 1.82) is 0 Å². The number of hydrazone groups is 1. The summed E-state index contributed by atoms with van der Waals surface area (Å²) in [6, 6.07) is 8.94. The molecule has 0 aliphatic heterocycles. The Bertz CT molecular complexity index is 884. The second-order valence-electron chi connectivity index (χ2n) is 9.13. The molecule has 0 aliphatic carbocycles. The lowest BCUT2D eigenvalue weighted by atomic mass is 9.78. The SMILES string of the molecule is Cc1ccc(C(=O)N/N=C\c2cc(C(C)(C)C)c(O)c(C(C)(C)C)c2)cc1Cl. The van der Waals surface area contributed by atoms with Crippen LogP contribution >= 0.6 is 11.6 Å². The van der Waals surface area contributed by atoms with Crippen molar-refractivity contribution >= 4 is 23.7 Å². The Hall–Kier alpha value is -2.33. The van der Waals surface area contributed by atoms with Crippen LogP contribution < -0.4 is 5.43 Å². The number of hydrogen-bond acceptors (Lipinski definition) is 3. The van der Waals surface area contributed by atoms with Crippen LogP contribution in [0, 0.1) is 6.92 Å². The van der Waals surface area contributed by atoms with E-state index in [1.165, 1.54) is 0 Å². The molecular weight excluding hydrogens is 372 g/mol. The van der Waals surface area contributed by atoms with Gasteiger partial charge in [-0.25, -0.2) is 5.43 Å². The lowest BCUT2D eigenvalue weighted by Crippen LogP contribution is -2.19. The maximum Gasteiger partial charge on any atom is 0.271 e. The summed E-state index contributed by atoms with van der Waals surface area (Å²) in [5, 5.41) is 15.4. The van der Waals surface area contributed by atoms with Gasteiger partial charge in [-0.2, -0.15) is 5.10 Å². The molecular formula is C23H29ClN2O2. The Morgan fingerprint density at radius 1 is 1.04 bits per heavy atom. The van der Waals surface area contributed by atoms with Gasteiger partial charge < -0.3 is 5.11 Å². The van der Waals surface area contributed by atoms with Crippen molar-refractivity contribution in [3.8, 4) is 5.75 Å². The number of aryl methyl sites for hydroxylation is 1. The fourth-order valence-electron chi connectivity index (χ4n) is 2.84. The van der Waals surface area contributed by atoms with Crippen molar-refractivity contribution in [3.05, 3.63) is 63.2 Å². The predicted octanol–water partition coefficient (Wildman–Crippen LogP) is 5.71. The van der Waals surface area contributed by atoms with Crippen molar-refractivity contribution in [2.24, 2.45) is 5.10 Å². The van der Waals surface area contributed by atoms with E-state index in [1.807, 2.05) is 19.1 Å². The van der Waals surface area contributed by atoms with Crippen LogP contribution in [0.25, 0.3) is 0 Å². The predicted molar refractivity (Wildman–Crippen MR) is 117 cm³/mol. The highest BCUT2D eigenvalue weighted by Gasteiger charge is 2.26. The Labute approximate surface area is 172 Å². The van der Waals surface area contributed by atoms with Crippen molar-refractivity contribution in [1.82, 2.24) is 5.43 Å². The van der Waals surface area contributed by atoms with Gasteiger partial charge in [0.05, 0.1) is 6.21 Å². The lowest BCUT2D eigenvalue weighted by molar-refractivity contribution is 0.0955. The molecule has 2 aromatic rings. The van der Waals surface area contributed by atoms with Crippen LogP contribution in [0.2, 0.25) is 5.02 Å². The molecule has 0 unspecified atom stereocenters. The minimum atomic E-state index is -0.330. The number of nitrogens with one attached hydrogen (secondary N) is 1. The minimum absolute atomic E-state index is 0.226. The molecule has 1 amide bonds. The number of phenolic OH excluding ortho intramolecular Hbond substituents is 1. The highest BCUT2D eigenvalue weighted by Crippen LogP contribution is 2.39. The van der Waals surface area contributed by atoms with Gasteiger partial charge in [0.15, 0.2) is 0 Å². The second kappa shape index (κ2) is 7.96. The molecule has 2 rings (SSSR count). The molecule has 0 radical (unpaired) electrons. The summed E-state index contributed by atoms with van der Waals surface area (Å²) in [6.07, 6.45) is 1.59. The van der Waals surface area contributed by atoms with Crippen LogP contribution in [0.4, 0.5) is 0 Å². The highest BCUT2D eigenvalue weighted by atomic mass is 35.5. The lowest BCUT2D eigenvalue weighted by Gasteiger charge is -2.27. The number of hydrogen-bond donors (Lipinski definition) is 2. The zero-order chi connectivity index (χ0) is 21.3. The number of carbonyl (C=O) groups excluding carboxylic acids is 1. The number of benzene rings is 2. The molecule has 150 valence electrons. The molecule has 0 bridgehead atoms. The van der Waals surface area contributed by atoms with Gasteiger partial charge in [0.2, 0.25) is 0 Å². The van der Waals surface area contributed by atoms with E-state index in [9.17, 15) is 9.90 Å². The van der Waals surface area contributed by atoms with Gasteiger partial charge in [-0.15, -0.1) is 0 Å². The van der Waals surface area contributed by atoms with Crippen molar-refractivity contribution in [2.75, 3.05) is 0 Å². The third-order valence-corrected chi connectivity index (χ3v) is 4.97. The van der Waals surface area contributed by atoms with E-state index in [4.69, 9.17) is 11.6 Å². The van der Waals surface area contributed by atoms with Crippen LogP contribution in [0.15, 0.2) is 35.4 Å². The average Bonchev–Trinajstić information content (AvgIpc) is 2.56. The molecule has 5 heteroatoms. The Morgan fingerprint density at radius 3 is 2.04 bits per heavy atom. The Balaban J connectivity index is 2.32. The fourth-order valence-corrected chi connectivity index (χ4v) is 3.02. The first-order valence-corrected chi connectivity index (χ1v) is 9.66. The van der Waals surface area contributed by atoms with Gasteiger partial charge in [0, 0.05) is 21.7 Å². The topological polar surface area (TPSA) is 61.7 Å². The number of carbonyl (C=O) groups is 1. The van der Waals surface area contributed by atoms with Gasteiger partial charge in [-0.1, -0.05) is 59.2 Å². The van der Waals surface area contributed by atoms with Crippen LogP contribution in [0.5, 0.6) is 5.75 Å². The summed E-state index contributed by atoms with van der Waals surface area (Å²) in [7, 11) is 0. The molecule has 4 nitrogen and oxygen atoms in total. The van der Waals surface area contributed by atoms with Crippen LogP contribution in [0.3, 0.4) is 0 Å². The van der Waals surface area contributed by atoms with E-state index in [1.54, 1.807) is 24.4 Å². The normalized spacial score (nSPS) is 12.4. The molecule has 2 N–H and O–H groups in total. The smallest absolute Gasteiger partial charge is 0.271 e. The van der Waals surface area contributed by atoms with E-state index < -0.39 is 0 Å². The van der Waals surface area contributed by atoms with Crippen molar-refractivity contribution in [2.45, 2.75) is 59.3 Å². The third-order valence-electron chi connectivity index (χ3n) is 4.56. The van der Waals surface area contributed by atoms with E-state index >= 15 is 0 Å². The largest absolute Gasteiger partial charge is 0.507 e. The Kier molecular flexibility index (Phi) is 6.24. The number of phenols is 1. The minimum Gasteiger partial charge on any atom is -0.507 e. The van der Waals surface area contributed by atoms with Gasteiger partial charge in [0.25, 0.3) is 5.91 Å². The molecule has 0 saturated heterocycles. The molecule has 0 heterocycles. The molecule has 0 fully saturated rings. The fraction of sp³-hybridized carbons (Fsp3) is 0.391. The number of aromatic hydroxyl groups is 1. The van der Waals surface area contributed by atoms with Crippen LogP contribution in [0.1, 0.15) is 74.2 Å². The molecule has 0 atom stereocenters. The molecule has 28 heavy (non-hydrogen) atoms. The molecule has 0 saturated carbocycles. The molecule has 2 aromatic carbocycles. The number of rotatable bonds is 3. The Morgan fingerprint density at radius 2 is 1.57 bits per heavy atom. The summed E-state index contributed by atoms with van der Waals surface area (Å²) in [5.74, 6) is -0.0144. The summed E-state index contributed by atoms with van der Waals surface area (Å²) in [4.78, 5) is 12.3. The van der Waals surface area contributed by atoms with Gasteiger partial charge >= 0.3 is 0 Å². The molecule has 0 aromatic heterocycles. The summed E-state index contributed by atoms with van der Waals surface area (Å²) < 4.78 is 0. The van der Waals surface area contributed by atoms with E-state index in [0.717, 1.165) is 22.3 Å². The maximum atomic E-state index is 12.3. The second-order valence-corrected chi connectivity index (χ2v) is 9.53. The third kappa shape index (κ3) is 5.14. The van der Waals surface area contributed by atoms with Gasteiger partial charge in [-0.3, -0.25) is 4.79 Å². The van der Waals surface area contributed by atoms with E-state index in [2.05, 4.69) is 52.1 Å². The number of amides is 1. The van der Waals surface area contributed by atoms with Crippen molar-refractivity contribution < 1.29 is 9.90 Å². The summed E-state index contributed by atoms with van der Waals surface area (Å²) >= 11 is 6.08. The van der Waals surface area contributed by atoms with Crippen LogP contribution in [-0.4, -0.2) is 17.2 Å². The van der Waals surface area contributed by atoms with Gasteiger partial charge in [-0.05, 0) is 53.1 Å². The monoisotopic (exact) mass is 400 g/mol. The average molecular weight is 401 g/mol. The first-order valence-electron chi connectivity index (χ1n) is 9.28. The molecule has 0 aliphatic rings. The first kappa shape index (κ1) is 22.0. The van der Waals surface area contributed by atoms with Gasteiger partial charge in [0.1, 0.15) is 5.75 Å². The zero-order valence-electron chi connectivity index (χ0n) is 17.6. The van der Waals surface area contributed by atoms with E-state index in [-0.39, 0.29) is 16.7 Å². The van der Waals surface area contributed by atoms with Crippen molar-refractivity contribution in [3.63, 3.8) is 0 Å². The first-order chi connectivity index (χ1) is 12.8. The standard InChI is InChI=1S/C23H29ClN2O2/c1-14-8-9-16(12-19(14)24)21(28)26-25-13-15-10-17(22(2,3)4)20(27)18(11-15)23(5,6)7/h8-13,27H,1-7H3,(H,26,28)/b25-13-. The van der Waals surface area contributed by atoms with Crippen LogP contribution in [-0.2, 0) is 10.8 Å². The van der Waals surface area contributed by atoms with E-state index in [0.29, 0.717) is 16.3 Å². The summed E-state index contributed by atoms with van der Waals surface area (Å²) in [5.41, 5.74) is 5.95. The molecule has 0 spiro atoms. The number of nitrogens with zero attached hydrogens (tertiary/aromatic N) is 1. The highest BCUT2D eigenvalue weighted by molar-refractivity contribution is 6.31. The quantitative estimate of drug-likeness (QED) is 0.511. The summed E-state index contributed by atoms with van der Waals surface area (Å²) in [6.45, 7) is 14.2. The number of halogens is 1. The maximum absolute atomic E-state index is 12.3. The zero-order valence-corrected chi connectivity index (χ0v) is 18.4.